The van der Waals surface area contributed by atoms with Crippen molar-refractivity contribution in [3.05, 3.63) is 41.6 Å². The largest absolute Gasteiger partial charge is 0.373 e. The highest BCUT2D eigenvalue weighted by molar-refractivity contribution is 5.98. The molecule has 0 spiro atoms. The number of fused-ring (bicyclic) bond motifs is 2. The number of rotatable bonds is 2. The first-order valence-electron chi connectivity index (χ1n) is 8.60. The van der Waals surface area contributed by atoms with Crippen molar-refractivity contribution in [1.29, 1.82) is 0 Å². The standard InChI is InChI=1S/C19H22N2O3/c1-12-6-7-20-16-4-2-13(10-15(12)16)19(22)21-14-3-5-17-18(11-14)24-9-8-23-17/h2,4,6-7,10,14,17-18H,3,5,8-9,11H2,1H3,(H,21,22). The van der Waals surface area contributed by atoms with Crippen LogP contribution >= 0.6 is 0 Å². The summed E-state index contributed by atoms with van der Waals surface area (Å²) < 4.78 is 11.5. The van der Waals surface area contributed by atoms with Gasteiger partial charge >= 0.3 is 0 Å². The lowest BCUT2D eigenvalue weighted by molar-refractivity contribution is -0.157. The van der Waals surface area contributed by atoms with Crippen LogP contribution in [0, 0.1) is 6.92 Å². The van der Waals surface area contributed by atoms with E-state index >= 15 is 0 Å². The summed E-state index contributed by atoms with van der Waals surface area (Å²) in [5.74, 6) is -0.0275. The Bertz CT molecular complexity index is 761. The van der Waals surface area contributed by atoms with E-state index in [0.717, 1.165) is 35.7 Å². The quantitative estimate of drug-likeness (QED) is 0.921. The normalized spacial score (nSPS) is 26.8. The molecule has 1 saturated carbocycles. The molecule has 1 N–H and O–H groups in total. The van der Waals surface area contributed by atoms with E-state index in [9.17, 15) is 4.79 Å². The van der Waals surface area contributed by atoms with Crippen molar-refractivity contribution in [2.45, 2.75) is 44.4 Å². The molecule has 3 unspecified atom stereocenters. The van der Waals surface area contributed by atoms with E-state index in [1.54, 1.807) is 6.20 Å². The van der Waals surface area contributed by atoms with Gasteiger partial charge in [0.1, 0.15) is 0 Å². The first kappa shape index (κ1) is 15.5. The summed E-state index contributed by atoms with van der Waals surface area (Å²) in [7, 11) is 0. The zero-order chi connectivity index (χ0) is 16.5. The minimum atomic E-state index is -0.0275. The predicted octanol–water partition coefficient (Wildman–Crippen LogP) is 2.61. The minimum Gasteiger partial charge on any atom is -0.373 e. The molecule has 0 radical (unpaired) electrons. The van der Waals surface area contributed by atoms with Gasteiger partial charge in [0.05, 0.1) is 30.9 Å². The minimum absolute atomic E-state index is 0.0275. The second-order valence-corrected chi connectivity index (χ2v) is 6.66. The van der Waals surface area contributed by atoms with Crippen LogP contribution in [0.2, 0.25) is 0 Å². The molecule has 2 aliphatic rings. The van der Waals surface area contributed by atoms with Crippen molar-refractivity contribution < 1.29 is 14.3 Å². The smallest absolute Gasteiger partial charge is 0.251 e. The number of aromatic nitrogens is 1. The highest BCUT2D eigenvalue weighted by Gasteiger charge is 2.34. The fraction of sp³-hybridized carbons (Fsp3) is 0.474. The third kappa shape index (κ3) is 3.01. The van der Waals surface area contributed by atoms with Crippen molar-refractivity contribution in [3.8, 4) is 0 Å². The Labute approximate surface area is 141 Å². The third-order valence-electron chi connectivity index (χ3n) is 5.04. The van der Waals surface area contributed by atoms with E-state index < -0.39 is 0 Å². The van der Waals surface area contributed by atoms with Crippen LogP contribution in [0.5, 0.6) is 0 Å². The Kier molecular flexibility index (Phi) is 4.21. The Morgan fingerprint density at radius 1 is 1.17 bits per heavy atom. The summed E-state index contributed by atoms with van der Waals surface area (Å²) in [4.78, 5) is 17.0. The Hall–Kier alpha value is -1.98. The molecule has 1 amide bonds. The second kappa shape index (κ2) is 6.49. The average molecular weight is 326 g/mol. The maximum absolute atomic E-state index is 12.6. The first-order chi connectivity index (χ1) is 11.7. The number of aryl methyl sites for hydroxylation is 1. The lowest BCUT2D eigenvalue weighted by atomic mass is 9.89. The summed E-state index contributed by atoms with van der Waals surface area (Å²) in [6.07, 6.45) is 4.80. The van der Waals surface area contributed by atoms with Gasteiger partial charge in [-0.3, -0.25) is 9.78 Å². The van der Waals surface area contributed by atoms with Crippen LogP contribution in [0.3, 0.4) is 0 Å². The SMILES string of the molecule is Cc1ccnc2ccc(C(=O)NC3CCC4OCCOC4C3)cc12. The number of benzene rings is 1. The maximum Gasteiger partial charge on any atom is 0.251 e. The Morgan fingerprint density at radius 3 is 2.88 bits per heavy atom. The number of carbonyl (C=O) groups excluding carboxylic acids is 1. The lowest BCUT2D eigenvalue weighted by Gasteiger charge is -2.39. The molecule has 3 atom stereocenters. The Balaban J connectivity index is 1.47. The van der Waals surface area contributed by atoms with Crippen LogP contribution in [-0.2, 0) is 9.47 Å². The van der Waals surface area contributed by atoms with Gasteiger partial charge in [0.25, 0.3) is 5.91 Å². The Morgan fingerprint density at radius 2 is 2.00 bits per heavy atom. The highest BCUT2D eigenvalue weighted by atomic mass is 16.6. The van der Waals surface area contributed by atoms with E-state index in [4.69, 9.17) is 9.47 Å². The number of nitrogens with zero attached hydrogens (tertiary/aromatic N) is 1. The third-order valence-corrected chi connectivity index (χ3v) is 5.04. The summed E-state index contributed by atoms with van der Waals surface area (Å²) in [5, 5.41) is 4.18. The predicted molar refractivity (Wildman–Crippen MR) is 91.1 cm³/mol. The molecule has 2 aromatic rings. The van der Waals surface area contributed by atoms with E-state index in [1.165, 1.54) is 0 Å². The molecule has 0 bridgehead atoms. The van der Waals surface area contributed by atoms with Crippen LogP contribution < -0.4 is 5.32 Å². The van der Waals surface area contributed by atoms with Crippen molar-refractivity contribution in [3.63, 3.8) is 0 Å². The summed E-state index contributed by atoms with van der Waals surface area (Å²) >= 11 is 0. The molecule has 2 fully saturated rings. The fourth-order valence-corrected chi connectivity index (χ4v) is 3.69. The van der Waals surface area contributed by atoms with E-state index in [-0.39, 0.29) is 24.2 Å². The number of hydrogen-bond acceptors (Lipinski definition) is 4. The maximum atomic E-state index is 12.6. The average Bonchev–Trinajstić information content (AvgIpc) is 2.62. The topological polar surface area (TPSA) is 60.5 Å². The summed E-state index contributed by atoms with van der Waals surface area (Å²) in [6.45, 7) is 3.37. The summed E-state index contributed by atoms with van der Waals surface area (Å²) in [6, 6.07) is 7.79. The molecular formula is C19H22N2O3. The van der Waals surface area contributed by atoms with Gasteiger partial charge in [0.15, 0.2) is 0 Å². The number of carbonyl (C=O) groups is 1. The van der Waals surface area contributed by atoms with E-state index in [0.29, 0.717) is 18.8 Å². The van der Waals surface area contributed by atoms with Crippen molar-refractivity contribution in [2.24, 2.45) is 0 Å². The zero-order valence-corrected chi connectivity index (χ0v) is 13.8. The van der Waals surface area contributed by atoms with Gasteiger partial charge < -0.3 is 14.8 Å². The van der Waals surface area contributed by atoms with Gasteiger partial charge in [-0.25, -0.2) is 0 Å². The molecule has 1 saturated heterocycles. The molecular weight excluding hydrogens is 304 g/mol. The molecule has 5 nitrogen and oxygen atoms in total. The van der Waals surface area contributed by atoms with Crippen LogP contribution in [0.4, 0.5) is 0 Å². The molecule has 1 aromatic heterocycles. The van der Waals surface area contributed by atoms with Crippen LogP contribution in [-0.4, -0.2) is 42.4 Å². The van der Waals surface area contributed by atoms with E-state index in [1.807, 2.05) is 31.2 Å². The number of amides is 1. The first-order valence-corrected chi connectivity index (χ1v) is 8.60. The second-order valence-electron chi connectivity index (χ2n) is 6.66. The van der Waals surface area contributed by atoms with Crippen LogP contribution in [0.25, 0.3) is 10.9 Å². The number of nitrogens with one attached hydrogen (secondary N) is 1. The number of ether oxygens (including phenoxy) is 2. The van der Waals surface area contributed by atoms with Crippen molar-refractivity contribution in [1.82, 2.24) is 10.3 Å². The number of pyridine rings is 1. The van der Waals surface area contributed by atoms with Gasteiger partial charge in [0, 0.05) is 23.2 Å². The molecule has 4 rings (SSSR count). The monoisotopic (exact) mass is 326 g/mol. The fourth-order valence-electron chi connectivity index (χ4n) is 3.69. The van der Waals surface area contributed by atoms with Gasteiger partial charge in [-0.15, -0.1) is 0 Å². The molecule has 126 valence electrons. The molecule has 24 heavy (non-hydrogen) atoms. The van der Waals surface area contributed by atoms with Gasteiger partial charge in [-0.05, 0) is 56.0 Å². The highest BCUT2D eigenvalue weighted by Crippen LogP contribution is 2.27. The molecule has 1 aliphatic carbocycles. The van der Waals surface area contributed by atoms with Crippen LogP contribution in [0.1, 0.15) is 35.2 Å². The lowest BCUT2D eigenvalue weighted by Crippen LogP contribution is -2.49. The van der Waals surface area contributed by atoms with Gasteiger partial charge in [0.2, 0.25) is 0 Å². The van der Waals surface area contributed by atoms with E-state index in [2.05, 4.69) is 10.3 Å². The molecule has 5 heteroatoms. The molecule has 2 heterocycles. The van der Waals surface area contributed by atoms with Crippen molar-refractivity contribution >= 4 is 16.8 Å². The van der Waals surface area contributed by atoms with Gasteiger partial charge in [-0.1, -0.05) is 0 Å². The molecule has 1 aliphatic heterocycles. The van der Waals surface area contributed by atoms with Gasteiger partial charge in [-0.2, -0.15) is 0 Å². The molecule has 1 aromatic carbocycles. The number of hydrogen-bond donors (Lipinski definition) is 1. The zero-order valence-electron chi connectivity index (χ0n) is 13.8. The van der Waals surface area contributed by atoms with Crippen LogP contribution in [0.15, 0.2) is 30.5 Å². The van der Waals surface area contributed by atoms with Crippen molar-refractivity contribution in [2.75, 3.05) is 13.2 Å². The summed E-state index contributed by atoms with van der Waals surface area (Å²) in [5.41, 5.74) is 2.73.